The highest BCUT2D eigenvalue weighted by Crippen LogP contribution is 2.31. The lowest BCUT2D eigenvalue weighted by atomic mass is 9.95. The van der Waals surface area contributed by atoms with E-state index in [1.165, 1.54) is 11.3 Å². The quantitative estimate of drug-likeness (QED) is 0.513. The molecule has 5 nitrogen and oxygen atoms in total. The molecule has 1 aromatic heterocycles. The van der Waals surface area contributed by atoms with Crippen molar-refractivity contribution >= 4 is 46.6 Å². The van der Waals surface area contributed by atoms with Gasteiger partial charge in [0.1, 0.15) is 0 Å². The van der Waals surface area contributed by atoms with Crippen molar-refractivity contribution in [2.45, 2.75) is 26.8 Å². The molecule has 0 N–H and O–H groups in total. The molecule has 1 atom stereocenters. The van der Waals surface area contributed by atoms with Gasteiger partial charge in [-0.2, -0.15) is 0 Å². The summed E-state index contributed by atoms with van der Waals surface area (Å²) in [5, 5.41) is 0.962. The van der Waals surface area contributed by atoms with Crippen LogP contribution < -0.4 is 14.9 Å². The lowest BCUT2D eigenvalue weighted by molar-refractivity contribution is -0.139. The second-order valence-corrected chi connectivity index (χ2v) is 9.23. The van der Waals surface area contributed by atoms with Gasteiger partial charge in [-0.1, -0.05) is 70.4 Å². The Morgan fingerprint density at radius 2 is 1.91 bits per heavy atom. The summed E-state index contributed by atoms with van der Waals surface area (Å²) in [6, 6.07) is 12.2. The normalized spacial score (nSPS) is 16.0. The molecule has 0 saturated heterocycles. The number of ether oxygens (including phenoxy) is 1. The number of aromatic nitrogens is 1. The van der Waals surface area contributed by atoms with E-state index in [1.54, 1.807) is 42.7 Å². The number of allylic oxidation sites excluding steroid dienone is 1. The Labute approximate surface area is 198 Å². The second-order valence-electron chi connectivity index (χ2n) is 7.38. The average Bonchev–Trinajstić information content (AvgIpc) is 3.04. The molecule has 0 bridgehead atoms. The zero-order valence-corrected chi connectivity index (χ0v) is 20.0. The predicted octanol–water partition coefficient (Wildman–Crippen LogP) is 4.41. The third-order valence-electron chi connectivity index (χ3n) is 5.16. The molecule has 8 heteroatoms. The van der Waals surface area contributed by atoms with Crippen molar-refractivity contribution in [1.29, 1.82) is 0 Å². The van der Waals surface area contributed by atoms with Crippen molar-refractivity contribution in [3.8, 4) is 0 Å². The minimum Gasteiger partial charge on any atom is -0.463 e. The molecule has 32 heavy (non-hydrogen) atoms. The van der Waals surface area contributed by atoms with Crippen molar-refractivity contribution in [3.63, 3.8) is 0 Å². The lowest BCUT2D eigenvalue weighted by Gasteiger charge is -2.24. The summed E-state index contributed by atoms with van der Waals surface area (Å²) in [6.45, 7) is 5.73. The van der Waals surface area contributed by atoms with Crippen molar-refractivity contribution in [3.05, 3.63) is 100 Å². The number of thiazole rings is 1. The molecule has 3 aromatic rings. The van der Waals surface area contributed by atoms with Crippen LogP contribution >= 0.6 is 34.5 Å². The van der Waals surface area contributed by atoms with Crippen LogP contribution in [-0.2, 0) is 9.53 Å². The molecule has 0 aliphatic carbocycles. The van der Waals surface area contributed by atoms with Gasteiger partial charge in [-0.05, 0) is 50.1 Å². The molecular formula is C24H20Cl2N2O3S. The maximum absolute atomic E-state index is 13.5. The predicted molar refractivity (Wildman–Crippen MR) is 128 cm³/mol. The zero-order chi connectivity index (χ0) is 23.0. The fourth-order valence-corrected chi connectivity index (χ4v) is 5.12. The Balaban J connectivity index is 1.96. The summed E-state index contributed by atoms with van der Waals surface area (Å²) in [4.78, 5) is 31.5. The smallest absolute Gasteiger partial charge is 0.338 e. The number of aryl methyl sites for hydroxylation is 1. The molecular weight excluding hydrogens is 467 g/mol. The topological polar surface area (TPSA) is 60.7 Å². The first kappa shape index (κ1) is 22.5. The van der Waals surface area contributed by atoms with Crippen LogP contribution in [0.1, 0.15) is 36.6 Å². The van der Waals surface area contributed by atoms with Gasteiger partial charge in [0.25, 0.3) is 5.56 Å². The number of benzene rings is 2. The van der Waals surface area contributed by atoms with Gasteiger partial charge in [0.2, 0.25) is 0 Å². The van der Waals surface area contributed by atoms with Crippen LogP contribution in [-0.4, -0.2) is 17.1 Å². The van der Waals surface area contributed by atoms with E-state index in [0.29, 0.717) is 36.2 Å². The van der Waals surface area contributed by atoms with Crippen molar-refractivity contribution in [2.75, 3.05) is 6.61 Å². The Morgan fingerprint density at radius 3 is 2.56 bits per heavy atom. The minimum absolute atomic E-state index is 0.232. The molecule has 1 aliphatic rings. The van der Waals surface area contributed by atoms with E-state index in [4.69, 9.17) is 27.9 Å². The monoisotopic (exact) mass is 486 g/mol. The molecule has 0 saturated carbocycles. The van der Waals surface area contributed by atoms with Crippen LogP contribution in [0.15, 0.2) is 63.5 Å². The average molecular weight is 487 g/mol. The highest BCUT2D eigenvalue weighted by atomic mass is 35.5. The van der Waals surface area contributed by atoms with E-state index >= 15 is 0 Å². The number of halogens is 2. The number of carbonyl (C=O) groups is 1. The van der Waals surface area contributed by atoms with Gasteiger partial charge in [0.05, 0.1) is 28.5 Å². The van der Waals surface area contributed by atoms with E-state index in [-0.39, 0.29) is 12.2 Å². The Morgan fingerprint density at radius 1 is 1.19 bits per heavy atom. The van der Waals surface area contributed by atoms with E-state index in [9.17, 15) is 9.59 Å². The largest absolute Gasteiger partial charge is 0.463 e. The number of nitrogens with zero attached hydrogens (tertiary/aromatic N) is 2. The third kappa shape index (κ3) is 4.18. The van der Waals surface area contributed by atoms with Gasteiger partial charge in [-0.25, -0.2) is 9.79 Å². The SMILES string of the molecule is CCOC(=O)C1=C(C)N=c2sc(=Cc3ccc(Cl)cc3Cl)c(=O)n2[C@H]1c1ccc(C)cc1. The Kier molecular flexibility index (Phi) is 6.38. The fourth-order valence-electron chi connectivity index (χ4n) is 3.62. The summed E-state index contributed by atoms with van der Waals surface area (Å²) in [5.41, 5.74) is 3.21. The van der Waals surface area contributed by atoms with Crippen LogP contribution in [0.3, 0.4) is 0 Å². The summed E-state index contributed by atoms with van der Waals surface area (Å²) < 4.78 is 7.33. The van der Waals surface area contributed by atoms with Crippen LogP contribution in [0.5, 0.6) is 0 Å². The number of esters is 1. The summed E-state index contributed by atoms with van der Waals surface area (Å²) in [5.74, 6) is -0.477. The van der Waals surface area contributed by atoms with Crippen LogP contribution in [0.2, 0.25) is 10.0 Å². The number of rotatable bonds is 4. The van der Waals surface area contributed by atoms with Crippen molar-refractivity contribution in [1.82, 2.24) is 4.57 Å². The van der Waals surface area contributed by atoms with Gasteiger partial charge in [0, 0.05) is 10.0 Å². The number of hydrogen-bond acceptors (Lipinski definition) is 5. The van der Waals surface area contributed by atoms with Crippen LogP contribution in [0.25, 0.3) is 6.08 Å². The van der Waals surface area contributed by atoms with E-state index in [2.05, 4.69) is 4.99 Å². The highest BCUT2D eigenvalue weighted by molar-refractivity contribution is 7.07. The molecule has 2 heterocycles. The molecule has 0 amide bonds. The lowest BCUT2D eigenvalue weighted by Crippen LogP contribution is -2.39. The number of carbonyl (C=O) groups excluding carboxylic acids is 1. The van der Waals surface area contributed by atoms with E-state index < -0.39 is 12.0 Å². The molecule has 0 radical (unpaired) electrons. The molecule has 0 unspecified atom stereocenters. The molecule has 2 aromatic carbocycles. The van der Waals surface area contributed by atoms with Gasteiger partial charge in [0.15, 0.2) is 4.80 Å². The molecule has 0 fully saturated rings. The standard InChI is InChI=1S/C24H20Cl2N2O3S/c1-4-31-23(30)20-14(3)27-24-28(21(20)15-7-5-13(2)6-8-15)22(29)19(32-24)11-16-9-10-17(25)12-18(16)26/h5-12,21H,4H2,1-3H3/t21-/m0/s1. The van der Waals surface area contributed by atoms with Crippen molar-refractivity contribution in [2.24, 2.45) is 4.99 Å². The summed E-state index contributed by atoms with van der Waals surface area (Å²) in [6.07, 6.45) is 1.72. The Bertz CT molecular complexity index is 1420. The molecule has 4 rings (SSSR count). The highest BCUT2D eigenvalue weighted by Gasteiger charge is 2.33. The van der Waals surface area contributed by atoms with E-state index in [1.807, 2.05) is 31.2 Å². The Hall–Kier alpha value is -2.67. The maximum atomic E-state index is 13.5. The fraction of sp³-hybridized carbons (Fsp3) is 0.208. The number of hydrogen-bond donors (Lipinski definition) is 0. The maximum Gasteiger partial charge on any atom is 0.338 e. The summed E-state index contributed by atoms with van der Waals surface area (Å²) >= 11 is 13.6. The number of fused-ring (bicyclic) bond motifs is 1. The van der Waals surface area contributed by atoms with Crippen LogP contribution in [0.4, 0.5) is 0 Å². The molecule has 0 spiro atoms. The van der Waals surface area contributed by atoms with Gasteiger partial charge >= 0.3 is 5.97 Å². The van der Waals surface area contributed by atoms with Gasteiger partial charge in [-0.15, -0.1) is 0 Å². The second kappa shape index (κ2) is 9.06. The van der Waals surface area contributed by atoms with Gasteiger partial charge < -0.3 is 4.74 Å². The summed E-state index contributed by atoms with van der Waals surface area (Å²) in [7, 11) is 0. The van der Waals surface area contributed by atoms with Crippen molar-refractivity contribution < 1.29 is 9.53 Å². The van der Waals surface area contributed by atoms with E-state index in [0.717, 1.165) is 11.1 Å². The zero-order valence-electron chi connectivity index (χ0n) is 17.7. The molecule has 164 valence electrons. The first-order valence-corrected chi connectivity index (χ1v) is 11.6. The third-order valence-corrected chi connectivity index (χ3v) is 6.70. The van der Waals surface area contributed by atoms with Gasteiger partial charge in [-0.3, -0.25) is 9.36 Å². The first-order chi connectivity index (χ1) is 15.3. The molecule has 1 aliphatic heterocycles. The first-order valence-electron chi connectivity index (χ1n) is 10.0. The van der Waals surface area contributed by atoms with Crippen LogP contribution in [0, 0.1) is 6.92 Å². The minimum atomic E-state index is -0.631.